The van der Waals surface area contributed by atoms with E-state index >= 15 is 0 Å². The number of alkyl halides is 3. The number of Topliss-reactive ketones (excluding diaryl/α,β-unsaturated/α-hetero) is 1. The molecule has 0 spiro atoms. The average molecular weight is 540 g/mol. The van der Waals surface area contributed by atoms with Crippen LogP contribution in [0.2, 0.25) is 5.02 Å². The van der Waals surface area contributed by atoms with Gasteiger partial charge < -0.3 is 14.8 Å². The minimum absolute atomic E-state index is 0.0266. The van der Waals surface area contributed by atoms with E-state index in [1.807, 2.05) is 0 Å². The number of hydrogen-bond acceptors (Lipinski definition) is 5. The molecule has 1 N–H and O–H groups in total. The third kappa shape index (κ3) is 8.21. The largest absolute Gasteiger partial charge is 0.490 e. The summed E-state index contributed by atoms with van der Waals surface area (Å²) in [6, 6.07) is 9.59. The molecule has 0 aromatic heterocycles. The van der Waals surface area contributed by atoms with Crippen molar-refractivity contribution in [2.75, 3.05) is 13.2 Å². The van der Waals surface area contributed by atoms with Gasteiger partial charge in [0.05, 0.1) is 24.2 Å². The Labute approximate surface area is 218 Å². The molecule has 1 aliphatic rings. The third-order valence-corrected chi connectivity index (χ3v) is 6.42. The number of rotatable bonds is 10. The van der Waals surface area contributed by atoms with Crippen LogP contribution in [0.3, 0.4) is 0 Å². The fourth-order valence-electron chi connectivity index (χ4n) is 4.23. The van der Waals surface area contributed by atoms with Crippen LogP contribution in [0.15, 0.2) is 42.5 Å². The van der Waals surface area contributed by atoms with Crippen LogP contribution in [-0.4, -0.2) is 36.9 Å². The number of benzene rings is 2. The smallest absolute Gasteiger partial charge is 0.417 e. The van der Waals surface area contributed by atoms with Gasteiger partial charge in [-0.2, -0.15) is 13.2 Å². The molecule has 2 aromatic rings. The lowest BCUT2D eigenvalue weighted by Gasteiger charge is -2.28. The first kappa shape index (κ1) is 28.5. The second-order valence-electron chi connectivity index (χ2n) is 8.84. The quantitative estimate of drug-likeness (QED) is 0.219. The average Bonchev–Trinajstić information content (AvgIpc) is 2.87. The Morgan fingerprint density at radius 1 is 1.03 bits per heavy atom. The van der Waals surface area contributed by atoms with E-state index in [1.54, 1.807) is 31.2 Å². The zero-order valence-electron chi connectivity index (χ0n) is 20.4. The first-order chi connectivity index (χ1) is 17.6. The van der Waals surface area contributed by atoms with E-state index in [2.05, 4.69) is 5.32 Å². The van der Waals surface area contributed by atoms with Crippen LogP contribution in [0.4, 0.5) is 13.2 Å². The van der Waals surface area contributed by atoms with E-state index in [1.165, 1.54) is 6.07 Å². The minimum Gasteiger partial charge on any atom is -0.490 e. The first-order valence-electron chi connectivity index (χ1n) is 12.2. The van der Waals surface area contributed by atoms with Gasteiger partial charge in [-0.05, 0) is 81.5 Å². The molecule has 0 heterocycles. The highest BCUT2D eigenvalue weighted by Crippen LogP contribution is 2.36. The Morgan fingerprint density at radius 2 is 1.70 bits per heavy atom. The van der Waals surface area contributed by atoms with Crippen molar-refractivity contribution < 1.29 is 37.0 Å². The summed E-state index contributed by atoms with van der Waals surface area (Å²) in [7, 11) is 0. The summed E-state index contributed by atoms with van der Waals surface area (Å²) in [5.41, 5.74) is -1.10. The van der Waals surface area contributed by atoms with Gasteiger partial charge >= 0.3 is 12.1 Å². The van der Waals surface area contributed by atoms with Crippen LogP contribution in [0.5, 0.6) is 5.75 Å². The molecule has 6 nitrogen and oxygen atoms in total. The number of ether oxygens (including phenoxy) is 2. The highest BCUT2D eigenvalue weighted by molar-refractivity contribution is 6.30. The Hall–Kier alpha value is -3.07. The van der Waals surface area contributed by atoms with Crippen molar-refractivity contribution in [3.8, 4) is 5.75 Å². The molecule has 0 unspecified atom stereocenters. The summed E-state index contributed by atoms with van der Waals surface area (Å²) in [6.45, 7) is 2.17. The van der Waals surface area contributed by atoms with Gasteiger partial charge in [0.15, 0.2) is 5.78 Å². The summed E-state index contributed by atoms with van der Waals surface area (Å²) in [5, 5.41) is 3.12. The van der Waals surface area contributed by atoms with E-state index in [-0.39, 0.29) is 49.0 Å². The van der Waals surface area contributed by atoms with E-state index in [4.69, 9.17) is 21.1 Å². The molecule has 0 saturated heterocycles. The van der Waals surface area contributed by atoms with E-state index in [0.29, 0.717) is 42.9 Å². The number of amides is 1. The Balaban J connectivity index is 1.56. The molecule has 1 aliphatic carbocycles. The molecule has 0 radical (unpaired) electrons. The van der Waals surface area contributed by atoms with Gasteiger partial charge in [-0.25, -0.2) is 0 Å². The zero-order valence-corrected chi connectivity index (χ0v) is 21.2. The number of carbonyl (C=O) groups excluding carboxylic acids is 3. The van der Waals surface area contributed by atoms with Crippen LogP contribution in [0.1, 0.15) is 71.7 Å². The normalized spacial score (nSPS) is 17.6. The predicted octanol–water partition coefficient (Wildman–Crippen LogP) is 6.25. The van der Waals surface area contributed by atoms with E-state index in [9.17, 15) is 27.6 Å². The van der Waals surface area contributed by atoms with Crippen LogP contribution in [0.25, 0.3) is 0 Å². The van der Waals surface area contributed by atoms with Crippen molar-refractivity contribution in [3.63, 3.8) is 0 Å². The summed E-state index contributed by atoms with van der Waals surface area (Å²) in [6.07, 6.45) is -2.92. The summed E-state index contributed by atoms with van der Waals surface area (Å²) >= 11 is 5.79. The van der Waals surface area contributed by atoms with Gasteiger partial charge in [-0.15, -0.1) is 0 Å². The second-order valence-corrected chi connectivity index (χ2v) is 9.27. The monoisotopic (exact) mass is 539 g/mol. The maximum absolute atomic E-state index is 13.8. The predicted molar refractivity (Wildman–Crippen MR) is 132 cm³/mol. The summed E-state index contributed by atoms with van der Waals surface area (Å²) in [5.74, 6) is -1.49. The fraction of sp³-hybridized carbons (Fsp3) is 0.444. The molecule has 1 saturated carbocycles. The molecular weight excluding hydrogens is 511 g/mol. The van der Waals surface area contributed by atoms with E-state index < -0.39 is 23.1 Å². The SMILES string of the molecule is CCOC(=O)C1CCC(Oc2ccc(C(=O)CCCNC(=O)c3ccc(Cl)cc3)c(C(F)(F)F)c2)CC1. The molecular formula is C27H29ClF3NO5. The van der Waals surface area contributed by atoms with Gasteiger partial charge in [0.1, 0.15) is 5.75 Å². The van der Waals surface area contributed by atoms with Gasteiger partial charge in [0.2, 0.25) is 0 Å². The molecule has 0 bridgehead atoms. The van der Waals surface area contributed by atoms with Crippen molar-refractivity contribution in [3.05, 3.63) is 64.2 Å². The number of halogens is 4. The summed E-state index contributed by atoms with van der Waals surface area (Å²) in [4.78, 5) is 36.6. The lowest BCUT2D eigenvalue weighted by molar-refractivity contribution is -0.149. The van der Waals surface area contributed by atoms with Crippen LogP contribution < -0.4 is 10.1 Å². The number of nitrogens with one attached hydrogen (secondary N) is 1. The third-order valence-electron chi connectivity index (χ3n) is 6.17. The van der Waals surface area contributed by atoms with Crippen molar-refractivity contribution in [1.82, 2.24) is 5.32 Å². The maximum atomic E-state index is 13.8. The maximum Gasteiger partial charge on any atom is 0.417 e. The molecule has 2 aromatic carbocycles. The van der Waals surface area contributed by atoms with Gasteiger partial charge in [-0.1, -0.05) is 11.6 Å². The van der Waals surface area contributed by atoms with Crippen molar-refractivity contribution in [2.45, 2.75) is 57.7 Å². The lowest BCUT2D eigenvalue weighted by Crippen LogP contribution is -2.29. The van der Waals surface area contributed by atoms with Crippen molar-refractivity contribution in [2.24, 2.45) is 5.92 Å². The number of hydrogen-bond donors (Lipinski definition) is 1. The van der Waals surface area contributed by atoms with Gasteiger partial charge in [-0.3, -0.25) is 14.4 Å². The topological polar surface area (TPSA) is 81.7 Å². The second kappa shape index (κ2) is 12.9. The standard InChI is InChI=1S/C27H29ClF3NO5/c1-2-36-26(35)18-7-11-20(12-8-18)37-21-13-14-22(23(16-21)27(29,30)31)24(33)4-3-15-32-25(34)17-5-9-19(28)10-6-17/h5-6,9-10,13-14,16,18,20H,2-4,7-8,11-12,15H2,1H3,(H,32,34). The van der Waals surface area contributed by atoms with Crippen LogP contribution >= 0.6 is 11.6 Å². The van der Waals surface area contributed by atoms with Crippen molar-refractivity contribution >= 4 is 29.3 Å². The Morgan fingerprint density at radius 3 is 2.32 bits per heavy atom. The van der Waals surface area contributed by atoms with Crippen LogP contribution in [0, 0.1) is 5.92 Å². The first-order valence-corrected chi connectivity index (χ1v) is 12.6. The summed E-state index contributed by atoms with van der Waals surface area (Å²) < 4.78 is 52.1. The number of ketones is 1. The molecule has 1 fully saturated rings. The fourth-order valence-corrected chi connectivity index (χ4v) is 4.36. The molecule has 10 heteroatoms. The molecule has 1 amide bonds. The number of esters is 1. The molecule has 0 atom stereocenters. The van der Waals surface area contributed by atoms with Crippen molar-refractivity contribution in [1.29, 1.82) is 0 Å². The minimum atomic E-state index is -4.74. The molecule has 200 valence electrons. The highest BCUT2D eigenvalue weighted by Gasteiger charge is 2.36. The van der Waals surface area contributed by atoms with Gasteiger partial charge in [0.25, 0.3) is 5.91 Å². The molecule has 0 aliphatic heterocycles. The van der Waals surface area contributed by atoms with E-state index in [0.717, 1.165) is 12.1 Å². The Kier molecular flexibility index (Phi) is 9.97. The zero-order chi connectivity index (χ0) is 27.0. The molecule has 3 rings (SSSR count). The van der Waals surface area contributed by atoms with Crippen LogP contribution in [-0.2, 0) is 15.7 Å². The highest BCUT2D eigenvalue weighted by atomic mass is 35.5. The number of carbonyl (C=O) groups is 3. The lowest BCUT2D eigenvalue weighted by atomic mass is 9.87. The van der Waals surface area contributed by atoms with Gasteiger partial charge in [0, 0.05) is 29.1 Å². The molecule has 37 heavy (non-hydrogen) atoms. The Bertz CT molecular complexity index is 1100.